The largest absolute Gasteiger partial charge is 0.391 e. The van der Waals surface area contributed by atoms with Gasteiger partial charge >= 0.3 is 0 Å². The third kappa shape index (κ3) is 46.4. The van der Waals surface area contributed by atoms with Gasteiger partial charge in [0, 0.05) is 51.4 Å². The van der Waals surface area contributed by atoms with Crippen LogP contribution in [0.4, 0.5) is 0 Å². The molecule has 0 amide bonds. The summed E-state index contributed by atoms with van der Waals surface area (Å²) in [7, 11) is 0. The summed E-state index contributed by atoms with van der Waals surface area (Å²) in [6.45, 7) is 5.23. The number of hydrogen-bond acceptors (Lipinski definition) is 1. The van der Waals surface area contributed by atoms with Crippen LogP contribution in [-0.4, -0.2) is 62.1 Å². The van der Waals surface area contributed by atoms with Gasteiger partial charge < -0.3 is 5.11 Å². The van der Waals surface area contributed by atoms with E-state index < -0.39 is 5.60 Å². The molecule has 0 aliphatic carbocycles. The summed E-state index contributed by atoms with van der Waals surface area (Å²) < 4.78 is 0. The third-order valence-electron chi connectivity index (χ3n) is 0. The fourth-order valence-corrected chi connectivity index (χ4v) is 0. The maximum Gasteiger partial charge on any atom is 0.0563 e. The second-order valence-electron chi connectivity index (χ2n) is 2.17. The van der Waals surface area contributed by atoms with Crippen LogP contribution in [0.1, 0.15) is 20.8 Å². The van der Waals surface area contributed by atoms with E-state index in [0.29, 0.717) is 0 Å². The predicted molar refractivity (Wildman–Crippen MR) is 27.7 cm³/mol. The van der Waals surface area contributed by atoms with Crippen molar-refractivity contribution in [3.63, 3.8) is 0 Å². The summed E-state index contributed by atoms with van der Waals surface area (Å²) in [5.74, 6) is 0. The van der Waals surface area contributed by atoms with Crippen LogP contribution < -0.4 is 0 Å². The fourth-order valence-electron chi connectivity index (χ4n) is 0. The molecule has 1 N–H and O–H groups in total. The normalized spacial score (nSPS) is 10.0. The third-order valence-corrected chi connectivity index (χ3v) is 0. The summed E-state index contributed by atoms with van der Waals surface area (Å²) in [4.78, 5) is 0. The topological polar surface area (TPSA) is 20.2 Å². The van der Waals surface area contributed by atoms with E-state index in [1.54, 1.807) is 20.8 Å². The van der Waals surface area contributed by atoms with Crippen molar-refractivity contribution in [2.45, 2.75) is 26.4 Å². The van der Waals surface area contributed by atoms with Crippen LogP contribution in [0, 0.1) is 0 Å². The fraction of sp³-hybridized carbons (Fsp3) is 1.00. The first kappa shape index (κ1) is 10.6. The zero-order valence-electron chi connectivity index (χ0n) is 4.95. The minimum atomic E-state index is -0.500. The van der Waals surface area contributed by atoms with Crippen LogP contribution >= 0.6 is 0 Å². The van der Waals surface area contributed by atoms with Gasteiger partial charge in [-0.1, -0.05) is 0 Å². The molecule has 1 nitrogen and oxygen atoms in total. The van der Waals surface area contributed by atoms with Crippen molar-refractivity contribution < 1.29 is 5.11 Å². The minimum absolute atomic E-state index is 0. The Hall–Kier alpha value is 1.60. The molecule has 0 atom stereocenters. The number of hydrogen-bond donors (Lipinski definition) is 1. The van der Waals surface area contributed by atoms with Gasteiger partial charge in [0.05, 0.1) is 5.60 Å². The van der Waals surface area contributed by atoms with Gasteiger partial charge in [-0.3, -0.25) is 0 Å². The van der Waals surface area contributed by atoms with E-state index in [-0.39, 0.29) is 51.4 Å². The molecular formula is C4H10KO. The molecule has 0 heterocycles. The quantitative estimate of drug-likeness (QED) is 0.451. The summed E-state index contributed by atoms with van der Waals surface area (Å²) >= 11 is 0. The first-order valence-electron chi connectivity index (χ1n) is 1.72. The Morgan fingerprint density at radius 2 is 1.17 bits per heavy atom. The molecule has 0 rings (SSSR count). The zero-order valence-corrected chi connectivity index (χ0v) is 8.07. The SMILES string of the molecule is CC(C)(C)O.[K]. The smallest absolute Gasteiger partial charge is 0.0563 e. The van der Waals surface area contributed by atoms with Gasteiger partial charge in [-0.25, -0.2) is 0 Å². The van der Waals surface area contributed by atoms with Crippen molar-refractivity contribution in [1.29, 1.82) is 0 Å². The Morgan fingerprint density at radius 3 is 1.17 bits per heavy atom. The molecule has 0 aromatic rings. The average Bonchev–Trinajstić information content (AvgIpc) is 0.722. The Kier molecular flexibility index (Phi) is 6.30. The van der Waals surface area contributed by atoms with Gasteiger partial charge in [-0.2, -0.15) is 0 Å². The maximum atomic E-state index is 8.52. The van der Waals surface area contributed by atoms with E-state index in [4.69, 9.17) is 5.11 Å². The van der Waals surface area contributed by atoms with Gasteiger partial charge in [-0.05, 0) is 20.8 Å². The van der Waals surface area contributed by atoms with E-state index in [1.807, 2.05) is 0 Å². The second-order valence-corrected chi connectivity index (χ2v) is 2.17. The minimum Gasteiger partial charge on any atom is -0.391 e. The van der Waals surface area contributed by atoms with Gasteiger partial charge in [0.2, 0.25) is 0 Å². The number of rotatable bonds is 0. The molecule has 0 saturated carbocycles. The molecule has 0 bridgehead atoms. The molecular weight excluding hydrogens is 103 g/mol. The maximum absolute atomic E-state index is 8.52. The van der Waals surface area contributed by atoms with Crippen molar-refractivity contribution in [3.05, 3.63) is 0 Å². The van der Waals surface area contributed by atoms with E-state index in [1.165, 1.54) is 0 Å². The molecule has 1 radical (unpaired) electrons. The average molecular weight is 113 g/mol. The molecule has 0 aromatic heterocycles. The summed E-state index contributed by atoms with van der Waals surface area (Å²) in [5.41, 5.74) is -0.500. The summed E-state index contributed by atoms with van der Waals surface area (Å²) in [5, 5.41) is 8.52. The molecule has 33 valence electrons. The molecule has 0 saturated heterocycles. The molecule has 0 aromatic carbocycles. The monoisotopic (exact) mass is 113 g/mol. The van der Waals surface area contributed by atoms with Crippen LogP contribution in [0.5, 0.6) is 0 Å². The van der Waals surface area contributed by atoms with E-state index in [9.17, 15) is 0 Å². The van der Waals surface area contributed by atoms with Gasteiger partial charge in [0.1, 0.15) is 0 Å². The standard InChI is InChI=1S/C4H10O.K/c1-4(2,3)5;/h5H,1-3H3;. The van der Waals surface area contributed by atoms with E-state index in [2.05, 4.69) is 0 Å². The first-order valence-corrected chi connectivity index (χ1v) is 1.72. The first-order chi connectivity index (χ1) is 2.00. The van der Waals surface area contributed by atoms with Crippen LogP contribution in [0.15, 0.2) is 0 Å². The molecule has 0 fully saturated rings. The molecule has 6 heavy (non-hydrogen) atoms. The van der Waals surface area contributed by atoms with Crippen molar-refractivity contribution in [2.24, 2.45) is 0 Å². The molecule has 0 aliphatic rings. The predicted octanol–water partition coefficient (Wildman–Crippen LogP) is 0.396. The van der Waals surface area contributed by atoms with Crippen molar-refractivity contribution in [2.75, 3.05) is 0 Å². The van der Waals surface area contributed by atoms with E-state index >= 15 is 0 Å². The Labute approximate surface area is 81.6 Å². The van der Waals surface area contributed by atoms with Gasteiger partial charge in [-0.15, -0.1) is 0 Å². The van der Waals surface area contributed by atoms with E-state index in [0.717, 1.165) is 0 Å². The second kappa shape index (κ2) is 3.58. The molecule has 0 aliphatic heterocycles. The molecule has 0 unspecified atom stereocenters. The van der Waals surface area contributed by atoms with Crippen LogP contribution in [0.3, 0.4) is 0 Å². The van der Waals surface area contributed by atoms with Crippen molar-refractivity contribution >= 4 is 51.4 Å². The molecule has 0 spiro atoms. The Balaban J connectivity index is 0. The molecule has 2 heteroatoms. The number of aliphatic hydroxyl groups is 1. The van der Waals surface area contributed by atoms with Crippen LogP contribution in [-0.2, 0) is 0 Å². The summed E-state index contributed by atoms with van der Waals surface area (Å²) in [6, 6.07) is 0. The van der Waals surface area contributed by atoms with Crippen LogP contribution in [0.25, 0.3) is 0 Å². The Bertz CT molecular complexity index is 23.0. The van der Waals surface area contributed by atoms with Gasteiger partial charge in [0.25, 0.3) is 0 Å². The van der Waals surface area contributed by atoms with Crippen LogP contribution in [0.2, 0.25) is 0 Å². The van der Waals surface area contributed by atoms with Crippen molar-refractivity contribution in [1.82, 2.24) is 0 Å². The van der Waals surface area contributed by atoms with Gasteiger partial charge in [0.15, 0.2) is 0 Å². The van der Waals surface area contributed by atoms with Crippen molar-refractivity contribution in [3.8, 4) is 0 Å². The summed E-state index contributed by atoms with van der Waals surface area (Å²) in [6.07, 6.45) is 0. The Morgan fingerprint density at radius 1 is 1.17 bits per heavy atom. The zero-order chi connectivity index (χ0) is 4.50.